The number of piperidine rings is 2. The standard InChI is InChI=1S/C23H33N3O2/c27-22(24-16-18-6-2-1-3-7-18)20-10-5-13-26(17-20)21-11-14-25(15-12-21)23(28)19-8-4-9-19/h1-3,6-7,19-21H,4-5,8-17H2,(H,24,27)/t20-/m1/s1. The molecule has 3 aliphatic rings. The molecule has 1 atom stereocenters. The van der Waals surface area contributed by atoms with E-state index in [9.17, 15) is 9.59 Å². The highest BCUT2D eigenvalue weighted by Crippen LogP contribution is 2.30. The Bertz CT molecular complexity index is 666. The van der Waals surface area contributed by atoms with Gasteiger partial charge < -0.3 is 10.2 Å². The highest BCUT2D eigenvalue weighted by Gasteiger charge is 2.35. The van der Waals surface area contributed by atoms with Crippen LogP contribution in [0.4, 0.5) is 0 Å². The van der Waals surface area contributed by atoms with Crippen molar-refractivity contribution in [3.63, 3.8) is 0 Å². The van der Waals surface area contributed by atoms with Crippen LogP contribution in [0.15, 0.2) is 30.3 Å². The fraction of sp³-hybridized carbons (Fsp3) is 0.652. The Hall–Kier alpha value is -1.88. The molecular weight excluding hydrogens is 350 g/mol. The van der Waals surface area contributed by atoms with Crippen molar-refractivity contribution in [3.05, 3.63) is 35.9 Å². The van der Waals surface area contributed by atoms with E-state index in [0.29, 0.717) is 24.4 Å². The van der Waals surface area contributed by atoms with Crippen LogP contribution in [0.3, 0.4) is 0 Å². The summed E-state index contributed by atoms with van der Waals surface area (Å²) >= 11 is 0. The van der Waals surface area contributed by atoms with Gasteiger partial charge in [0.15, 0.2) is 0 Å². The van der Waals surface area contributed by atoms with Crippen molar-refractivity contribution in [2.45, 2.75) is 57.5 Å². The van der Waals surface area contributed by atoms with Gasteiger partial charge in [-0.1, -0.05) is 36.8 Å². The number of carbonyl (C=O) groups is 2. The minimum Gasteiger partial charge on any atom is -0.352 e. The molecule has 1 aliphatic carbocycles. The van der Waals surface area contributed by atoms with Crippen molar-refractivity contribution in [1.29, 1.82) is 0 Å². The molecule has 0 unspecified atom stereocenters. The van der Waals surface area contributed by atoms with Crippen LogP contribution in [-0.2, 0) is 16.1 Å². The van der Waals surface area contributed by atoms with Gasteiger partial charge in [0.25, 0.3) is 0 Å². The summed E-state index contributed by atoms with van der Waals surface area (Å²) in [6.45, 7) is 4.34. The van der Waals surface area contributed by atoms with Gasteiger partial charge in [-0.2, -0.15) is 0 Å². The predicted molar refractivity (Wildman–Crippen MR) is 110 cm³/mol. The molecule has 28 heavy (non-hydrogen) atoms. The molecule has 2 saturated heterocycles. The summed E-state index contributed by atoms with van der Waals surface area (Å²) in [5.41, 5.74) is 1.15. The van der Waals surface area contributed by atoms with E-state index in [-0.39, 0.29) is 11.8 Å². The molecule has 1 saturated carbocycles. The summed E-state index contributed by atoms with van der Waals surface area (Å²) in [6.07, 6.45) is 7.57. The molecule has 0 radical (unpaired) electrons. The van der Waals surface area contributed by atoms with Gasteiger partial charge in [-0.05, 0) is 50.6 Å². The van der Waals surface area contributed by atoms with Crippen LogP contribution in [0.25, 0.3) is 0 Å². The Morgan fingerprint density at radius 2 is 1.61 bits per heavy atom. The second-order valence-electron chi connectivity index (χ2n) is 8.72. The van der Waals surface area contributed by atoms with Gasteiger partial charge in [-0.25, -0.2) is 0 Å². The van der Waals surface area contributed by atoms with Gasteiger partial charge in [0.05, 0.1) is 5.92 Å². The van der Waals surface area contributed by atoms with Crippen molar-refractivity contribution < 1.29 is 9.59 Å². The van der Waals surface area contributed by atoms with Crippen molar-refractivity contribution in [1.82, 2.24) is 15.1 Å². The van der Waals surface area contributed by atoms with Crippen LogP contribution < -0.4 is 5.32 Å². The number of rotatable bonds is 5. The van der Waals surface area contributed by atoms with E-state index in [4.69, 9.17) is 0 Å². The van der Waals surface area contributed by atoms with Crippen LogP contribution >= 0.6 is 0 Å². The van der Waals surface area contributed by atoms with Crippen LogP contribution in [0.2, 0.25) is 0 Å². The predicted octanol–water partition coefficient (Wildman–Crippen LogP) is 2.81. The lowest BCUT2D eigenvalue weighted by molar-refractivity contribution is -0.139. The Balaban J connectivity index is 1.23. The Morgan fingerprint density at radius 1 is 0.893 bits per heavy atom. The highest BCUT2D eigenvalue weighted by molar-refractivity contribution is 5.80. The third-order valence-corrected chi connectivity index (χ3v) is 6.88. The Kier molecular flexibility index (Phi) is 6.30. The molecule has 3 fully saturated rings. The molecule has 1 N–H and O–H groups in total. The maximum Gasteiger partial charge on any atom is 0.225 e. The molecule has 1 aromatic rings. The number of nitrogens with zero attached hydrogens (tertiary/aromatic N) is 2. The van der Waals surface area contributed by atoms with E-state index in [1.807, 2.05) is 30.3 Å². The first kappa shape index (κ1) is 19.4. The molecule has 2 heterocycles. The molecule has 0 spiro atoms. The number of hydrogen-bond donors (Lipinski definition) is 1. The normalized spacial score (nSPS) is 24.6. The van der Waals surface area contributed by atoms with Crippen molar-refractivity contribution in [2.75, 3.05) is 26.2 Å². The molecule has 2 aliphatic heterocycles. The minimum atomic E-state index is 0.0899. The van der Waals surface area contributed by atoms with Crippen molar-refractivity contribution in [2.24, 2.45) is 11.8 Å². The van der Waals surface area contributed by atoms with E-state index in [1.165, 1.54) is 6.42 Å². The zero-order chi connectivity index (χ0) is 19.3. The van der Waals surface area contributed by atoms with Gasteiger partial charge in [-0.15, -0.1) is 0 Å². The maximum absolute atomic E-state index is 12.7. The number of benzene rings is 1. The monoisotopic (exact) mass is 383 g/mol. The molecule has 1 aromatic carbocycles. The first-order valence-corrected chi connectivity index (χ1v) is 11.0. The van der Waals surface area contributed by atoms with E-state index in [1.54, 1.807) is 0 Å². The minimum absolute atomic E-state index is 0.0899. The number of amides is 2. The highest BCUT2D eigenvalue weighted by atomic mass is 16.2. The summed E-state index contributed by atoms with van der Waals surface area (Å²) in [6, 6.07) is 10.6. The molecule has 0 aromatic heterocycles. The largest absolute Gasteiger partial charge is 0.352 e. The molecule has 5 heteroatoms. The van der Waals surface area contributed by atoms with Crippen LogP contribution in [-0.4, -0.2) is 53.8 Å². The van der Waals surface area contributed by atoms with E-state index >= 15 is 0 Å². The first-order chi connectivity index (χ1) is 13.7. The lowest BCUT2D eigenvalue weighted by atomic mass is 9.84. The summed E-state index contributed by atoms with van der Waals surface area (Å²) in [4.78, 5) is 29.7. The van der Waals surface area contributed by atoms with E-state index < -0.39 is 0 Å². The lowest BCUT2D eigenvalue weighted by Gasteiger charge is -2.43. The van der Waals surface area contributed by atoms with Gasteiger partial charge in [0.2, 0.25) is 11.8 Å². The topological polar surface area (TPSA) is 52.7 Å². The van der Waals surface area contributed by atoms with Crippen molar-refractivity contribution >= 4 is 11.8 Å². The number of nitrogens with one attached hydrogen (secondary N) is 1. The SMILES string of the molecule is O=C(NCc1ccccc1)[C@@H]1CCCN(C2CCN(C(=O)C3CCC3)CC2)C1. The van der Waals surface area contributed by atoms with Gasteiger partial charge >= 0.3 is 0 Å². The quantitative estimate of drug-likeness (QED) is 0.851. The van der Waals surface area contributed by atoms with Crippen LogP contribution in [0, 0.1) is 11.8 Å². The Labute approximate surface area is 168 Å². The average molecular weight is 384 g/mol. The van der Waals surface area contributed by atoms with Gasteiger partial charge in [-0.3, -0.25) is 14.5 Å². The van der Waals surface area contributed by atoms with E-state index in [2.05, 4.69) is 15.1 Å². The molecule has 4 rings (SSSR count). The molecule has 152 valence electrons. The second kappa shape index (κ2) is 9.08. The number of hydrogen-bond acceptors (Lipinski definition) is 3. The van der Waals surface area contributed by atoms with Gasteiger partial charge in [0.1, 0.15) is 0 Å². The zero-order valence-electron chi connectivity index (χ0n) is 16.8. The molecular formula is C23H33N3O2. The van der Waals surface area contributed by atoms with Crippen molar-refractivity contribution in [3.8, 4) is 0 Å². The lowest BCUT2D eigenvalue weighted by Crippen LogP contribution is -2.52. The summed E-state index contributed by atoms with van der Waals surface area (Å²) in [7, 11) is 0. The molecule has 0 bridgehead atoms. The third-order valence-electron chi connectivity index (χ3n) is 6.88. The van der Waals surface area contributed by atoms with E-state index in [0.717, 1.165) is 70.3 Å². The third kappa shape index (κ3) is 4.57. The smallest absolute Gasteiger partial charge is 0.225 e. The van der Waals surface area contributed by atoms with Crippen LogP contribution in [0.1, 0.15) is 50.5 Å². The zero-order valence-corrected chi connectivity index (χ0v) is 16.8. The fourth-order valence-electron chi connectivity index (χ4n) is 4.85. The second-order valence-corrected chi connectivity index (χ2v) is 8.72. The number of carbonyl (C=O) groups excluding carboxylic acids is 2. The molecule has 5 nitrogen and oxygen atoms in total. The number of likely N-dealkylation sites (tertiary alicyclic amines) is 2. The summed E-state index contributed by atoms with van der Waals surface area (Å²) in [5, 5.41) is 3.12. The summed E-state index contributed by atoms with van der Waals surface area (Å²) < 4.78 is 0. The Morgan fingerprint density at radius 3 is 2.29 bits per heavy atom. The van der Waals surface area contributed by atoms with Crippen LogP contribution in [0.5, 0.6) is 0 Å². The molecule has 2 amide bonds. The van der Waals surface area contributed by atoms with Gasteiger partial charge in [0, 0.05) is 38.1 Å². The first-order valence-electron chi connectivity index (χ1n) is 11.0. The average Bonchev–Trinajstić information content (AvgIpc) is 2.72. The summed E-state index contributed by atoms with van der Waals surface area (Å²) in [5.74, 6) is 0.976. The maximum atomic E-state index is 12.7. The fourth-order valence-corrected chi connectivity index (χ4v) is 4.85.